The Balaban J connectivity index is 0.000000771. The molecule has 2 rings (SSSR count). The van der Waals surface area contributed by atoms with Gasteiger partial charge in [0.1, 0.15) is 0 Å². The monoisotopic (exact) mass is 250 g/mol. The Kier molecular flexibility index (Phi) is 7.42. The molecule has 0 aromatic carbocycles. The molecule has 3 nitrogen and oxygen atoms in total. The van der Waals surface area contributed by atoms with Crippen LogP contribution in [0.3, 0.4) is 0 Å². The zero-order valence-corrected chi connectivity index (χ0v) is 12.0. The SMILES string of the molecule is CC.Cc1ccc(OCCCN2CCCC2)nc1. The highest BCUT2D eigenvalue weighted by Gasteiger charge is 2.10. The lowest BCUT2D eigenvalue weighted by Crippen LogP contribution is -2.21. The van der Waals surface area contributed by atoms with Gasteiger partial charge in [-0.15, -0.1) is 0 Å². The molecule has 0 bridgehead atoms. The predicted molar refractivity (Wildman–Crippen MR) is 76.1 cm³/mol. The topological polar surface area (TPSA) is 25.4 Å². The molecular formula is C15H26N2O. The van der Waals surface area contributed by atoms with E-state index >= 15 is 0 Å². The zero-order valence-electron chi connectivity index (χ0n) is 12.0. The third-order valence-corrected chi connectivity index (χ3v) is 2.95. The number of pyridine rings is 1. The van der Waals surface area contributed by atoms with Crippen molar-refractivity contribution in [3.05, 3.63) is 23.9 Å². The van der Waals surface area contributed by atoms with Gasteiger partial charge in [0.2, 0.25) is 5.88 Å². The summed E-state index contributed by atoms with van der Waals surface area (Å²) in [7, 11) is 0. The maximum absolute atomic E-state index is 5.58. The van der Waals surface area contributed by atoms with Crippen molar-refractivity contribution in [2.75, 3.05) is 26.2 Å². The quantitative estimate of drug-likeness (QED) is 0.750. The van der Waals surface area contributed by atoms with E-state index in [1.54, 1.807) is 0 Å². The third kappa shape index (κ3) is 5.50. The second kappa shape index (κ2) is 8.92. The van der Waals surface area contributed by atoms with Gasteiger partial charge in [0.15, 0.2) is 0 Å². The summed E-state index contributed by atoms with van der Waals surface area (Å²) in [6, 6.07) is 3.97. The molecule has 0 spiro atoms. The van der Waals surface area contributed by atoms with Gasteiger partial charge >= 0.3 is 0 Å². The highest BCUT2D eigenvalue weighted by molar-refractivity contribution is 5.16. The first-order valence-corrected chi connectivity index (χ1v) is 7.12. The van der Waals surface area contributed by atoms with Crippen LogP contribution in [0.2, 0.25) is 0 Å². The molecule has 0 atom stereocenters. The lowest BCUT2D eigenvalue weighted by Gasteiger charge is -2.14. The molecule has 1 aromatic heterocycles. The molecule has 0 aliphatic carbocycles. The second-order valence-electron chi connectivity index (χ2n) is 4.42. The van der Waals surface area contributed by atoms with E-state index in [4.69, 9.17) is 4.74 Å². The van der Waals surface area contributed by atoms with Gasteiger partial charge in [-0.05, 0) is 44.8 Å². The van der Waals surface area contributed by atoms with Gasteiger partial charge in [0, 0.05) is 18.8 Å². The van der Waals surface area contributed by atoms with Gasteiger partial charge in [0.05, 0.1) is 6.61 Å². The fraction of sp³-hybridized carbons (Fsp3) is 0.667. The summed E-state index contributed by atoms with van der Waals surface area (Å²) in [6.07, 6.45) is 5.66. The van der Waals surface area contributed by atoms with Crippen molar-refractivity contribution >= 4 is 0 Å². The molecule has 18 heavy (non-hydrogen) atoms. The van der Waals surface area contributed by atoms with E-state index in [2.05, 4.69) is 9.88 Å². The summed E-state index contributed by atoms with van der Waals surface area (Å²) in [5.41, 5.74) is 1.17. The van der Waals surface area contributed by atoms with Crippen molar-refractivity contribution in [1.29, 1.82) is 0 Å². The second-order valence-corrected chi connectivity index (χ2v) is 4.42. The maximum atomic E-state index is 5.58. The Morgan fingerprint density at radius 3 is 2.56 bits per heavy atom. The van der Waals surface area contributed by atoms with Crippen molar-refractivity contribution in [3.63, 3.8) is 0 Å². The van der Waals surface area contributed by atoms with Crippen LogP contribution >= 0.6 is 0 Å². The van der Waals surface area contributed by atoms with Crippen molar-refractivity contribution in [2.24, 2.45) is 0 Å². The minimum atomic E-state index is 0.743. The minimum Gasteiger partial charge on any atom is -0.478 e. The van der Waals surface area contributed by atoms with E-state index in [0.29, 0.717) is 0 Å². The lowest BCUT2D eigenvalue weighted by atomic mass is 10.3. The number of aryl methyl sites for hydroxylation is 1. The minimum absolute atomic E-state index is 0.743. The maximum Gasteiger partial charge on any atom is 0.213 e. The Labute approximate surface area is 111 Å². The molecule has 0 radical (unpaired) electrons. The molecule has 0 amide bonds. The van der Waals surface area contributed by atoms with E-state index in [-0.39, 0.29) is 0 Å². The van der Waals surface area contributed by atoms with Crippen LogP contribution < -0.4 is 4.74 Å². The zero-order chi connectivity index (χ0) is 13.2. The molecule has 0 unspecified atom stereocenters. The molecule has 1 saturated heterocycles. The molecule has 1 aliphatic rings. The first-order valence-electron chi connectivity index (χ1n) is 7.12. The molecular weight excluding hydrogens is 224 g/mol. The standard InChI is InChI=1S/C13H20N2O.C2H6/c1-12-5-6-13(14-11-12)16-10-4-9-15-7-2-3-8-15;1-2/h5-6,11H,2-4,7-10H2,1H3;1-2H3. The smallest absolute Gasteiger partial charge is 0.213 e. The number of likely N-dealkylation sites (tertiary alicyclic amines) is 1. The molecule has 0 N–H and O–H groups in total. The van der Waals surface area contributed by atoms with Gasteiger partial charge in [-0.1, -0.05) is 19.9 Å². The molecule has 1 aromatic rings. The van der Waals surface area contributed by atoms with E-state index in [1.165, 1.54) is 31.5 Å². The van der Waals surface area contributed by atoms with Crippen molar-refractivity contribution in [1.82, 2.24) is 9.88 Å². The van der Waals surface area contributed by atoms with Crippen LogP contribution in [0, 0.1) is 6.92 Å². The molecule has 0 saturated carbocycles. The number of nitrogens with zero attached hydrogens (tertiary/aromatic N) is 2. The summed E-state index contributed by atoms with van der Waals surface area (Å²) in [6.45, 7) is 10.5. The highest BCUT2D eigenvalue weighted by Crippen LogP contribution is 2.09. The van der Waals surface area contributed by atoms with Crippen molar-refractivity contribution < 1.29 is 4.74 Å². The van der Waals surface area contributed by atoms with Gasteiger partial charge in [-0.2, -0.15) is 0 Å². The van der Waals surface area contributed by atoms with Crippen LogP contribution in [-0.4, -0.2) is 36.1 Å². The van der Waals surface area contributed by atoms with Crippen LogP contribution in [0.25, 0.3) is 0 Å². The van der Waals surface area contributed by atoms with Crippen LogP contribution in [0.15, 0.2) is 18.3 Å². The molecule has 1 aliphatic heterocycles. The summed E-state index contributed by atoms with van der Waals surface area (Å²) < 4.78 is 5.58. The summed E-state index contributed by atoms with van der Waals surface area (Å²) in [5, 5.41) is 0. The van der Waals surface area contributed by atoms with Crippen LogP contribution in [0.5, 0.6) is 5.88 Å². The van der Waals surface area contributed by atoms with Crippen LogP contribution in [0.4, 0.5) is 0 Å². The van der Waals surface area contributed by atoms with E-state index in [0.717, 1.165) is 25.5 Å². The Hall–Kier alpha value is -1.09. The van der Waals surface area contributed by atoms with E-state index < -0.39 is 0 Å². The molecule has 3 heteroatoms. The summed E-state index contributed by atoms with van der Waals surface area (Å²) in [5.74, 6) is 0.743. The molecule has 102 valence electrons. The number of hydrogen-bond acceptors (Lipinski definition) is 3. The Morgan fingerprint density at radius 2 is 1.94 bits per heavy atom. The number of ether oxygens (including phenoxy) is 1. The third-order valence-electron chi connectivity index (χ3n) is 2.95. The number of hydrogen-bond donors (Lipinski definition) is 0. The van der Waals surface area contributed by atoms with Crippen molar-refractivity contribution in [2.45, 2.75) is 40.0 Å². The Morgan fingerprint density at radius 1 is 1.22 bits per heavy atom. The van der Waals surface area contributed by atoms with E-state index in [9.17, 15) is 0 Å². The largest absolute Gasteiger partial charge is 0.478 e. The Bertz CT molecular complexity index is 305. The molecule has 1 fully saturated rings. The van der Waals surface area contributed by atoms with Gasteiger partial charge in [-0.3, -0.25) is 0 Å². The number of aromatic nitrogens is 1. The predicted octanol–water partition coefficient (Wildman–Crippen LogP) is 3.28. The highest BCUT2D eigenvalue weighted by atomic mass is 16.5. The average molecular weight is 250 g/mol. The summed E-state index contributed by atoms with van der Waals surface area (Å²) in [4.78, 5) is 6.72. The van der Waals surface area contributed by atoms with Gasteiger partial charge < -0.3 is 9.64 Å². The van der Waals surface area contributed by atoms with Gasteiger partial charge in [-0.25, -0.2) is 4.98 Å². The fourth-order valence-corrected chi connectivity index (χ4v) is 2.01. The fourth-order valence-electron chi connectivity index (χ4n) is 2.01. The van der Waals surface area contributed by atoms with Crippen LogP contribution in [0.1, 0.15) is 38.7 Å². The first kappa shape index (κ1) is 15.0. The molecule has 2 heterocycles. The van der Waals surface area contributed by atoms with Crippen molar-refractivity contribution in [3.8, 4) is 5.88 Å². The van der Waals surface area contributed by atoms with Gasteiger partial charge in [0.25, 0.3) is 0 Å². The normalized spacial score (nSPS) is 15.1. The number of rotatable bonds is 5. The van der Waals surface area contributed by atoms with Crippen LogP contribution in [-0.2, 0) is 0 Å². The van der Waals surface area contributed by atoms with E-state index in [1.807, 2.05) is 39.1 Å². The average Bonchev–Trinajstić information content (AvgIpc) is 2.92. The lowest BCUT2D eigenvalue weighted by molar-refractivity contribution is 0.257. The summed E-state index contributed by atoms with van der Waals surface area (Å²) >= 11 is 0. The first-order chi connectivity index (χ1) is 8.84.